The smallest absolute Gasteiger partial charge is 0.264 e. The Hall–Kier alpha value is -3.07. The fraction of sp³-hybridized carbons (Fsp3) is 0.167. The topological polar surface area (TPSA) is 95.6 Å². The van der Waals surface area contributed by atoms with Crippen molar-refractivity contribution in [3.05, 3.63) is 88.4 Å². The summed E-state index contributed by atoms with van der Waals surface area (Å²) in [7, 11) is -4.17. The number of rotatable bonds is 8. The van der Waals surface area contributed by atoms with Gasteiger partial charge in [0.15, 0.2) is 0 Å². The Morgan fingerprint density at radius 3 is 2.24 bits per heavy atom. The van der Waals surface area contributed by atoms with E-state index in [-0.39, 0.29) is 43.8 Å². The zero-order chi connectivity index (χ0) is 24.9. The largest absolute Gasteiger partial charge is 0.350 e. The van der Waals surface area contributed by atoms with Crippen LogP contribution in [-0.2, 0) is 14.8 Å². The Morgan fingerprint density at radius 2 is 1.56 bits per heavy atom. The number of benzene rings is 3. The average Bonchev–Trinajstić information content (AvgIpc) is 2.80. The van der Waals surface area contributed by atoms with E-state index in [1.165, 1.54) is 24.3 Å². The molecule has 0 saturated heterocycles. The SMILES string of the molecule is CC(C)NC(=O)c1ccccc1NC(=O)CN(c1cccc(Cl)c1Cl)S(=O)(=O)c1ccccc1. The predicted molar refractivity (Wildman–Crippen MR) is 135 cm³/mol. The Labute approximate surface area is 208 Å². The van der Waals surface area contributed by atoms with E-state index in [2.05, 4.69) is 10.6 Å². The van der Waals surface area contributed by atoms with Crippen molar-refractivity contribution in [2.75, 3.05) is 16.2 Å². The minimum atomic E-state index is -4.17. The van der Waals surface area contributed by atoms with E-state index in [4.69, 9.17) is 23.2 Å². The summed E-state index contributed by atoms with van der Waals surface area (Å²) in [5.41, 5.74) is 0.557. The number of para-hydroxylation sites is 1. The van der Waals surface area contributed by atoms with Gasteiger partial charge in [-0.25, -0.2) is 8.42 Å². The zero-order valence-electron chi connectivity index (χ0n) is 18.5. The third-order valence-electron chi connectivity index (χ3n) is 4.68. The first-order chi connectivity index (χ1) is 16.1. The molecule has 0 bridgehead atoms. The van der Waals surface area contributed by atoms with Gasteiger partial charge < -0.3 is 10.6 Å². The molecule has 3 rings (SSSR count). The molecular formula is C24H23Cl2N3O4S. The summed E-state index contributed by atoms with van der Waals surface area (Å²) >= 11 is 12.4. The number of hydrogen-bond acceptors (Lipinski definition) is 4. The molecule has 7 nitrogen and oxygen atoms in total. The van der Waals surface area contributed by atoms with Gasteiger partial charge in [0.05, 0.1) is 31.9 Å². The number of carbonyl (C=O) groups excluding carboxylic acids is 2. The molecule has 0 aromatic heterocycles. The van der Waals surface area contributed by atoms with Gasteiger partial charge in [0.1, 0.15) is 6.54 Å². The lowest BCUT2D eigenvalue weighted by Crippen LogP contribution is -2.38. The molecule has 0 aliphatic carbocycles. The maximum absolute atomic E-state index is 13.5. The predicted octanol–water partition coefficient (Wildman–Crippen LogP) is 4.97. The van der Waals surface area contributed by atoms with Crippen LogP contribution in [0, 0.1) is 0 Å². The highest BCUT2D eigenvalue weighted by Gasteiger charge is 2.29. The van der Waals surface area contributed by atoms with Crippen molar-refractivity contribution < 1.29 is 18.0 Å². The van der Waals surface area contributed by atoms with Crippen LogP contribution in [-0.4, -0.2) is 32.8 Å². The first-order valence-corrected chi connectivity index (χ1v) is 12.5. The quantitative estimate of drug-likeness (QED) is 0.439. The second-order valence-corrected chi connectivity index (χ2v) is 10.3. The molecular weight excluding hydrogens is 497 g/mol. The highest BCUT2D eigenvalue weighted by Crippen LogP contribution is 2.35. The molecule has 10 heteroatoms. The molecule has 0 spiro atoms. The van der Waals surface area contributed by atoms with Gasteiger partial charge in [0.25, 0.3) is 15.9 Å². The maximum atomic E-state index is 13.5. The summed E-state index contributed by atoms with van der Waals surface area (Å²) in [5.74, 6) is -1.03. The van der Waals surface area contributed by atoms with Gasteiger partial charge in [0, 0.05) is 6.04 Å². The van der Waals surface area contributed by atoms with Crippen molar-refractivity contribution in [1.29, 1.82) is 0 Å². The van der Waals surface area contributed by atoms with Gasteiger partial charge in [-0.15, -0.1) is 0 Å². The lowest BCUT2D eigenvalue weighted by atomic mass is 10.1. The standard InChI is InChI=1S/C24H23Cl2N3O4S/c1-16(2)27-24(31)18-11-6-7-13-20(18)28-22(30)15-29(21-14-8-12-19(25)23(21)26)34(32,33)17-9-4-3-5-10-17/h3-14,16H,15H2,1-2H3,(H,27,31)(H,28,30). The molecule has 0 aliphatic rings. The van der Waals surface area contributed by atoms with Gasteiger partial charge >= 0.3 is 0 Å². The highest BCUT2D eigenvalue weighted by atomic mass is 35.5. The van der Waals surface area contributed by atoms with Crippen LogP contribution in [0.25, 0.3) is 0 Å². The van der Waals surface area contributed by atoms with Gasteiger partial charge in [-0.05, 0) is 50.2 Å². The van der Waals surface area contributed by atoms with Crippen LogP contribution < -0.4 is 14.9 Å². The Kier molecular flexibility index (Phi) is 8.19. The number of carbonyl (C=O) groups is 2. The summed E-state index contributed by atoms with van der Waals surface area (Å²) in [4.78, 5) is 25.6. The van der Waals surface area contributed by atoms with Crippen LogP contribution in [0.3, 0.4) is 0 Å². The van der Waals surface area contributed by atoms with Gasteiger partial charge in [0.2, 0.25) is 5.91 Å². The van der Waals surface area contributed by atoms with E-state index in [1.807, 2.05) is 13.8 Å². The van der Waals surface area contributed by atoms with Gasteiger partial charge in [-0.3, -0.25) is 13.9 Å². The molecule has 2 amide bonds. The molecule has 0 aliphatic heterocycles. The van der Waals surface area contributed by atoms with E-state index >= 15 is 0 Å². The van der Waals surface area contributed by atoms with Gasteiger partial charge in [-0.2, -0.15) is 0 Å². The zero-order valence-corrected chi connectivity index (χ0v) is 20.8. The fourth-order valence-corrected chi connectivity index (χ4v) is 5.06. The van der Waals surface area contributed by atoms with Crippen molar-refractivity contribution >= 4 is 56.4 Å². The number of sulfonamides is 1. The molecule has 2 N–H and O–H groups in total. The summed E-state index contributed by atoms with van der Waals surface area (Å²) in [6.07, 6.45) is 0. The van der Waals surface area contributed by atoms with Crippen molar-refractivity contribution in [3.63, 3.8) is 0 Å². The number of nitrogens with one attached hydrogen (secondary N) is 2. The first kappa shape index (κ1) is 25.6. The van der Waals surface area contributed by atoms with Crippen LogP contribution in [0.4, 0.5) is 11.4 Å². The van der Waals surface area contributed by atoms with E-state index in [9.17, 15) is 18.0 Å². The van der Waals surface area contributed by atoms with Crippen molar-refractivity contribution in [2.45, 2.75) is 24.8 Å². The second-order valence-electron chi connectivity index (χ2n) is 7.62. The van der Waals surface area contributed by atoms with E-state index in [1.54, 1.807) is 48.5 Å². The van der Waals surface area contributed by atoms with E-state index < -0.39 is 22.5 Å². The van der Waals surface area contributed by atoms with Crippen LogP contribution in [0.2, 0.25) is 10.0 Å². The molecule has 0 unspecified atom stereocenters. The lowest BCUT2D eigenvalue weighted by molar-refractivity contribution is -0.114. The number of nitrogens with zero attached hydrogens (tertiary/aromatic N) is 1. The molecule has 0 atom stereocenters. The molecule has 34 heavy (non-hydrogen) atoms. The monoisotopic (exact) mass is 519 g/mol. The molecule has 0 fully saturated rings. The molecule has 178 valence electrons. The molecule has 0 heterocycles. The van der Waals surface area contributed by atoms with Crippen molar-refractivity contribution in [3.8, 4) is 0 Å². The Balaban J connectivity index is 1.97. The number of anilines is 2. The average molecular weight is 520 g/mol. The lowest BCUT2D eigenvalue weighted by Gasteiger charge is -2.25. The Bertz CT molecular complexity index is 1300. The maximum Gasteiger partial charge on any atom is 0.264 e. The molecule has 3 aromatic carbocycles. The summed E-state index contributed by atoms with van der Waals surface area (Å²) < 4.78 is 27.8. The molecule has 0 saturated carbocycles. The first-order valence-electron chi connectivity index (χ1n) is 10.3. The van der Waals surface area contributed by atoms with E-state index in [0.717, 1.165) is 4.31 Å². The van der Waals surface area contributed by atoms with Crippen LogP contribution >= 0.6 is 23.2 Å². The second kappa shape index (κ2) is 10.9. The molecule has 3 aromatic rings. The summed E-state index contributed by atoms with van der Waals surface area (Å²) in [6.45, 7) is 3.04. The minimum Gasteiger partial charge on any atom is -0.350 e. The van der Waals surface area contributed by atoms with Crippen molar-refractivity contribution in [1.82, 2.24) is 5.32 Å². The minimum absolute atomic E-state index is 0.00631. The Morgan fingerprint density at radius 1 is 0.912 bits per heavy atom. The molecule has 0 radical (unpaired) electrons. The van der Waals surface area contributed by atoms with Crippen LogP contribution in [0.1, 0.15) is 24.2 Å². The van der Waals surface area contributed by atoms with Crippen molar-refractivity contribution in [2.24, 2.45) is 0 Å². The third-order valence-corrected chi connectivity index (χ3v) is 7.27. The van der Waals surface area contributed by atoms with Crippen LogP contribution in [0.15, 0.2) is 77.7 Å². The van der Waals surface area contributed by atoms with Gasteiger partial charge in [-0.1, -0.05) is 59.6 Å². The van der Waals surface area contributed by atoms with E-state index in [0.29, 0.717) is 0 Å². The number of amides is 2. The number of halogens is 2. The third kappa shape index (κ3) is 5.88. The summed E-state index contributed by atoms with van der Waals surface area (Å²) in [6, 6.07) is 18.6. The summed E-state index contributed by atoms with van der Waals surface area (Å²) in [5, 5.41) is 5.55. The normalized spacial score (nSPS) is 11.2. The highest BCUT2D eigenvalue weighted by molar-refractivity contribution is 7.92. The number of hydrogen-bond donors (Lipinski definition) is 2. The fourth-order valence-electron chi connectivity index (χ4n) is 3.15. The van der Waals surface area contributed by atoms with Crippen LogP contribution in [0.5, 0.6) is 0 Å².